The van der Waals surface area contributed by atoms with Gasteiger partial charge in [-0.3, -0.25) is 4.79 Å². The van der Waals surface area contributed by atoms with Crippen LogP contribution in [-0.2, 0) is 6.42 Å². The fourth-order valence-electron chi connectivity index (χ4n) is 2.62. The molecule has 0 radical (unpaired) electrons. The van der Waals surface area contributed by atoms with Crippen molar-refractivity contribution < 1.29 is 9.53 Å². The number of carbonyl (C=O) groups excluding carboxylic acids is 1. The van der Waals surface area contributed by atoms with Crippen molar-refractivity contribution in [1.82, 2.24) is 9.97 Å². The number of para-hydroxylation sites is 1. The number of amides is 1. The molecule has 0 aliphatic rings. The summed E-state index contributed by atoms with van der Waals surface area (Å²) in [6.45, 7) is 0.641. The van der Waals surface area contributed by atoms with E-state index in [0.29, 0.717) is 23.6 Å². The van der Waals surface area contributed by atoms with E-state index < -0.39 is 5.91 Å². The summed E-state index contributed by atoms with van der Waals surface area (Å²) in [4.78, 5) is 20.6. The highest BCUT2D eigenvalue weighted by Crippen LogP contribution is 2.16. The van der Waals surface area contributed by atoms with Gasteiger partial charge in [-0.15, -0.1) is 0 Å². The Labute approximate surface area is 163 Å². The van der Waals surface area contributed by atoms with Crippen LogP contribution >= 0.6 is 0 Å². The second-order valence-electron chi connectivity index (χ2n) is 5.93. The molecule has 0 unspecified atom stereocenters. The van der Waals surface area contributed by atoms with Gasteiger partial charge in [0, 0.05) is 12.6 Å². The zero-order valence-corrected chi connectivity index (χ0v) is 15.3. The number of hydrogen-bond acceptors (Lipinski definition) is 6. The lowest BCUT2D eigenvalue weighted by Crippen LogP contribution is -2.16. The monoisotopic (exact) mass is 373 g/mol. The van der Waals surface area contributed by atoms with Gasteiger partial charge in [-0.1, -0.05) is 24.3 Å². The third-order valence-corrected chi connectivity index (χ3v) is 4.05. The maximum atomic E-state index is 12.4. The van der Waals surface area contributed by atoms with Crippen LogP contribution in [0.1, 0.15) is 21.6 Å². The summed E-state index contributed by atoms with van der Waals surface area (Å²) in [5.74, 6) is 0.966. The largest absolute Gasteiger partial charge is 0.497 e. The highest BCUT2D eigenvalue weighted by atomic mass is 16.5. The fourth-order valence-corrected chi connectivity index (χ4v) is 2.62. The average molecular weight is 373 g/mol. The highest BCUT2D eigenvalue weighted by molar-refractivity contribution is 6.03. The number of anilines is 2. The number of nitrogens with zero attached hydrogens (tertiary/aromatic N) is 3. The second-order valence-corrected chi connectivity index (χ2v) is 5.93. The third-order valence-electron chi connectivity index (χ3n) is 4.05. The van der Waals surface area contributed by atoms with E-state index in [9.17, 15) is 4.79 Å². The summed E-state index contributed by atoms with van der Waals surface area (Å²) in [7, 11) is 1.64. The smallest absolute Gasteiger partial charge is 0.274 e. The Morgan fingerprint density at radius 3 is 2.82 bits per heavy atom. The molecule has 0 bridgehead atoms. The van der Waals surface area contributed by atoms with Crippen LogP contribution in [0.4, 0.5) is 11.5 Å². The number of benzene rings is 2. The molecule has 0 atom stereocenters. The minimum atomic E-state index is -0.402. The first-order valence-electron chi connectivity index (χ1n) is 8.69. The van der Waals surface area contributed by atoms with Crippen LogP contribution < -0.4 is 15.4 Å². The lowest BCUT2D eigenvalue weighted by molar-refractivity contribution is 0.102. The summed E-state index contributed by atoms with van der Waals surface area (Å²) in [5, 5.41) is 15.0. The van der Waals surface area contributed by atoms with Gasteiger partial charge in [-0.2, -0.15) is 5.26 Å². The van der Waals surface area contributed by atoms with Gasteiger partial charge in [0.2, 0.25) is 0 Å². The Balaban J connectivity index is 1.61. The molecule has 3 aromatic rings. The molecule has 2 aromatic carbocycles. The van der Waals surface area contributed by atoms with E-state index in [2.05, 4.69) is 20.6 Å². The van der Waals surface area contributed by atoms with E-state index >= 15 is 0 Å². The zero-order chi connectivity index (χ0) is 19.8. The maximum Gasteiger partial charge on any atom is 0.274 e. The predicted octanol–water partition coefficient (Wildman–Crippen LogP) is 3.26. The second kappa shape index (κ2) is 9.14. The molecule has 1 aromatic heterocycles. The number of ether oxygens (including phenoxy) is 1. The van der Waals surface area contributed by atoms with Crippen molar-refractivity contribution in [2.75, 3.05) is 24.3 Å². The van der Waals surface area contributed by atoms with E-state index in [-0.39, 0.29) is 5.69 Å². The third kappa shape index (κ3) is 4.83. The number of nitrogens with one attached hydrogen (secondary N) is 2. The van der Waals surface area contributed by atoms with Gasteiger partial charge in [0.05, 0.1) is 18.4 Å². The van der Waals surface area contributed by atoms with Crippen molar-refractivity contribution in [3.8, 4) is 11.8 Å². The van der Waals surface area contributed by atoms with Gasteiger partial charge in [0.1, 0.15) is 29.7 Å². The first-order valence-corrected chi connectivity index (χ1v) is 8.69. The number of nitriles is 1. The van der Waals surface area contributed by atoms with Gasteiger partial charge in [-0.05, 0) is 36.2 Å². The van der Waals surface area contributed by atoms with Gasteiger partial charge in [0.25, 0.3) is 5.91 Å². The Bertz CT molecular complexity index is 1010. The van der Waals surface area contributed by atoms with Crippen molar-refractivity contribution >= 4 is 17.4 Å². The van der Waals surface area contributed by atoms with E-state index in [0.717, 1.165) is 17.7 Å². The maximum absolute atomic E-state index is 12.4. The Kier molecular flexibility index (Phi) is 6.16. The molecule has 0 saturated heterocycles. The summed E-state index contributed by atoms with van der Waals surface area (Å²) < 4.78 is 5.22. The fraction of sp³-hybridized carbons (Fsp3) is 0.143. The first-order chi connectivity index (χ1) is 13.7. The van der Waals surface area contributed by atoms with Crippen LogP contribution in [0, 0.1) is 11.3 Å². The van der Waals surface area contributed by atoms with Crippen LogP contribution in [-0.4, -0.2) is 29.5 Å². The normalized spacial score (nSPS) is 10.0. The molecule has 0 aliphatic carbocycles. The van der Waals surface area contributed by atoms with Crippen molar-refractivity contribution in [3.63, 3.8) is 0 Å². The summed E-state index contributed by atoms with van der Waals surface area (Å²) in [6.07, 6.45) is 2.11. The topological polar surface area (TPSA) is 99.9 Å². The average Bonchev–Trinajstić information content (AvgIpc) is 2.74. The minimum absolute atomic E-state index is 0.214. The molecule has 0 spiro atoms. The Morgan fingerprint density at radius 1 is 1.14 bits per heavy atom. The molecule has 3 rings (SSSR count). The van der Waals surface area contributed by atoms with E-state index in [4.69, 9.17) is 10.00 Å². The standard InChI is InChI=1S/C21H19N5O2/c1-28-17-7-4-5-15(11-17)9-10-23-20-12-19(24-14-25-20)21(27)26-18-8-3-2-6-16(18)13-22/h2-8,11-12,14H,9-10H2,1H3,(H,26,27)(H,23,24,25). The quantitative estimate of drug-likeness (QED) is 0.659. The predicted molar refractivity (Wildman–Crippen MR) is 106 cm³/mol. The lowest BCUT2D eigenvalue weighted by Gasteiger charge is -2.09. The van der Waals surface area contributed by atoms with Gasteiger partial charge in [0.15, 0.2) is 0 Å². The first kappa shape index (κ1) is 18.9. The molecular formula is C21H19N5O2. The van der Waals surface area contributed by atoms with E-state index in [1.54, 1.807) is 37.4 Å². The molecule has 2 N–H and O–H groups in total. The molecule has 140 valence electrons. The molecular weight excluding hydrogens is 354 g/mol. The molecule has 0 aliphatic heterocycles. The van der Waals surface area contributed by atoms with Crippen LogP contribution in [0.3, 0.4) is 0 Å². The van der Waals surface area contributed by atoms with Gasteiger partial charge in [-0.25, -0.2) is 9.97 Å². The van der Waals surface area contributed by atoms with Crippen molar-refractivity contribution in [3.05, 3.63) is 77.7 Å². The summed E-state index contributed by atoms with van der Waals surface area (Å²) >= 11 is 0. The van der Waals surface area contributed by atoms with E-state index in [1.807, 2.05) is 30.3 Å². The zero-order valence-electron chi connectivity index (χ0n) is 15.3. The molecule has 1 heterocycles. The molecule has 1 amide bonds. The minimum Gasteiger partial charge on any atom is -0.497 e. The number of carbonyl (C=O) groups is 1. The molecule has 7 nitrogen and oxygen atoms in total. The van der Waals surface area contributed by atoms with Gasteiger partial charge < -0.3 is 15.4 Å². The molecule has 7 heteroatoms. The summed E-state index contributed by atoms with van der Waals surface area (Å²) in [5.41, 5.74) is 2.18. The Morgan fingerprint density at radius 2 is 2.00 bits per heavy atom. The van der Waals surface area contributed by atoms with Crippen molar-refractivity contribution in [1.29, 1.82) is 5.26 Å². The number of rotatable bonds is 7. The van der Waals surface area contributed by atoms with Crippen LogP contribution in [0.25, 0.3) is 0 Å². The number of methoxy groups -OCH3 is 1. The summed E-state index contributed by atoms with van der Waals surface area (Å²) in [6, 6.07) is 18.3. The van der Waals surface area contributed by atoms with Gasteiger partial charge >= 0.3 is 0 Å². The van der Waals surface area contributed by atoms with Crippen molar-refractivity contribution in [2.45, 2.75) is 6.42 Å². The highest BCUT2D eigenvalue weighted by Gasteiger charge is 2.11. The number of aromatic nitrogens is 2. The lowest BCUT2D eigenvalue weighted by atomic mass is 10.1. The molecule has 28 heavy (non-hydrogen) atoms. The van der Waals surface area contributed by atoms with Crippen LogP contribution in [0.15, 0.2) is 60.9 Å². The number of hydrogen-bond donors (Lipinski definition) is 2. The molecule has 0 fully saturated rings. The Hall–Kier alpha value is -3.92. The van der Waals surface area contributed by atoms with E-state index in [1.165, 1.54) is 6.33 Å². The van der Waals surface area contributed by atoms with Crippen LogP contribution in [0.5, 0.6) is 5.75 Å². The SMILES string of the molecule is COc1cccc(CCNc2cc(C(=O)Nc3ccccc3C#N)ncn2)c1. The van der Waals surface area contributed by atoms with Crippen molar-refractivity contribution in [2.24, 2.45) is 0 Å². The molecule has 0 saturated carbocycles. The van der Waals surface area contributed by atoms with Crippen LogP contribution in [0.2, 0.25) is 0 Å².